The fourth-order valence-electron chi connectivity index (χ4n) is 1.54. The SMILES string of the molecule is NC(=O)c1cccc(Nc2cccc(C(N)=S)n2)c1. The first-order valence-electron chi connectivity index (χ1n) is 5.50. The monoisotopic (exact) mass is 272 g/mol. The number of primary amides is 1. The number of hydrogen-bond acceptors (Lipinski definition) is 4. The minimum absolute atomic E-state index is 0.231. The number of hydrogen-bond donors (Lipinski definition) is 3. The van der Waals surface area contributed by atoms with Crippen molar-refractivity contribution in [2.45, 2.75) is 0 Å². The molecule has 0 radical (unpaired) electrons. The van der Waals surface area contributed by atoms with Crippen molar-refractivity contribution in [3.63, 3.8) is 0 Å². The van der Waals surface area contributed by atoms with Crippen molar-refractivity contribution in [2.24, 2.45) is 11.5 Å². The Morgan fingerprint density at radius 3 is 2.58 bits per heavy atom. The highest BCUT2D eigenvalue weighted by molar-refractivity contribution is 7.80. The molecular formula is C13H12N4OS. The van der Waals surface area contributed by atoms with Crippen LogP contribution >= 0.6 is 12.2 Å². The Balaban J connectivity index is 2.26. The van der Waals surface area contributed by atoms with E-state index in [2.05, 4.69) is 10.3 Å². The summed E-state index contributed by atoms with van der Waals surface area (Å²) in [5, 5.41) is 3.06. The number of carbonyl (C=O) groups excluding carboxylic acids is 1. The van der Waals surface area contributed by atoms with Crippen LogP contribution in [-0.4, -0.2) is 15.9 Å². The molecule has 5 nitrogen and oxygen atoms in total. The molecule has 96 valence electrons. The molecule has 0 spiro atoms. The van der Waals surface area contributed by atoms with Gasteiger partial charge in [0.1, 0.15) is 10.8 Å². The Kier molecular flexibility index (Phi) is 3.72. The van der Waals surface area contributed by atoms with E-state index in [9.17, 15) is 4.79 Å². The Labute approximate surface area is 115 Å². The second-order valence-corrected chi connectivity index (χ2v) is 4.28. The van der Waals surface area contributed by atoms with E-state index in [1.165, 1.54) is 0 Å². The Morgan fingerprint density at radius 2 is 1.89 bits per heavy atom. The number of nitrogens with one attached hydrogen (secondary N) is 1. The molecule has 0 atom stereocenters. The van der Waals surface area contributed by atoms with Gasteiger partial charge in [0.2, 0.25) is 5.91 Å². The lowest BCUT2D eigenvalue weighted by Gasteiger charge is -2.07. The number of pyridine rings is 1. The van der Waals surface area contributed by atoms with Crippen LogP contribution in [-0.2, 0) is 0 Å². The summed E-state index contributed by atoms with van der Waals surface area (Å²) in [6.45, 7) is 0. The summed E-state index contributed by atoms with van der Waals surface area (Å²) in [5.41, 5.74) is 12.4. The van der Waals surface area contributed by atoms with Gasteiger partial charge in [0.25, 0.3) is 0 Å². The van der Waals surface area contributed by atoms with Crippen LogP contribution in [0.25, 0.3) is 0 Å². The van der Waals surface area contributed by atoms with Gasteiger partial charge in [-0.1, -0.05) is 24.4 Å². The molecule has 2 aromatic rings. The summed E-state index contributed by atoms with van der Waals surface area (Å²) < 4.78 is 0. The van der Waals surface area contributed by atoms with Gasteiger partial charge in [0, 0.05) is 11.3 Å². The topological polar surface area (TPSA) is 94.0 Å². The molecule has 0 aliphatic carbocycles. The second-order valence-electron chi connectivity index (χ2n) is 3.84. The van der Waals surface area contributed by atoms with Crippen LogP contribution in [0.5, 0.6) is 0 Å². The molecule has 0 saturated carbocycles. The van der Waals surface area contributed by atoms with Crippen molar-refractivity contribution >= 4 is 34.6 Å². The van der Waals surface area contributed by atoms with Crippen molar-refractivity contribution in [3.8, 4) is 0 Å². The molecule has 2 rings (SSSR count). The van der Waals surface area contributed by atoms with Gasteiger partial charge in [-0.3, -0.25) is 4.79 Å². The van der Waals surface area contributed by atoms with Crippen LogP contribution in [0.4, 0.5) is 11.5 Å². The zero-order valence-corrected chi connectivity index (χ0v) is 10.8. The van der Waals surface area contributed by atoms with Crippen LogP contribution in [0.15, 0.2) is 42.5 Å². The molecule has 0 aliphatic rings. The third-order valence-electron chi connectivity index (χ3n) is 2.42. The van der Waals surface area contributed by atoms with Gasteiger partial charge < -0.3 is 16.8 Å². The number of nitrogens with zero attached hydrogens (tertiary/aromatic N) is 1. The maximum absolute atomic E-state index is 11.1. The normalized spacial score (nSPS) is 9.89. The van der Waals surface area contributed by atoms with Crippen molar-refractivity contribution in [1.29, 1.82) is 0 Å². The molecule has 0 aliphatic heterocycles. The van der Waals surface area contributed by atoms with E-state index in [1.54, 1.807) is 36.4 Å². The van der Waals surface area contributed by atoms with Gasteiger partial charge in [-0.25, -0.2) is 4.98 Å². The van der Waals surface area contributed by atoms with E-state index in [4.69, 9.17) is 23.7 Å². The molecule has 0 unspecified atom stereocenters. The molecule has 0 fully saturated rings. The largest absolute Gasteiger partial charge is 0.388 e. The fourth-order valence-corrected chi connectivity index (χ4v) is 1.65. The first-order valence-corrected chi connectivity index (χ1v) is 5.91. The molecule has 1 amide bonds. The zero-order valence-electron chi connectivity index (χ0n) is 9.96. The second kappa shape index (κ2) is 5.45. The molecule has 1 aromatic heterocycles. The molecule has 0 bridgehead atoms. The van der Waals surface area contributed by atoms with Crippen molar-refractivity contribution in [3.05, 3.63) is 53.7 Å². The summed E-state index contributed by atoms with van der Waals surface area (Å²) in [6, 6.07) is 12.1. The maximum atomic E-state index is 11.1. The van der Waals surface area contributed by atoms with E-state index >= 15 is 0 Å². The first kappa shape index (κ1) is 13.0. The maximum Gasteiger partial charge on any atom is 0.248 e. The number of anilines is 2. The standard InChI is InChI=1S/C13H12N4OS/c14-12(18)8-3-1-4-9(7-8)16-11-6-2-5-10(17-11)13(15)19/h1-7H,(H2,14,18)(H2,15,19)(H,16,17). The van der Waals surface area contributed by atoms with Gasteiger partial charge in [-0.15, -0.1) is 0 Å². The molecular weight excluding hydrogens is 260 g/mol. The fraction of sp³-hybridized carbons (Fsp3) is 0. The number of nitrogens with two attached hydrogens (primary N) is 2. The number of aromatic nitrogens is 1. The van der Waals surface area contributed by atoms with E-state index < -0.39 is 5.91 Å². The van der Waals surface area contributed by atoms with Crippen LogP contribution in [0.2, 0.25) is 0 Å². The summed E-state index contributed by atoms with van der Waals surface area (Å²) in [7, 11) is 0. The molecule has 5 N–H and O–H groups in total. The van der Waals surface area contributed by atoms with Crippen molar-refractivity contribution < 1.29 is 4.79 Å². The van der Waals surface area contributed by atoms with Gasteiger partial charge in [-0.05, 0) is 30.3 Å². The highest BCUT2D eigenvalue weighted by atomic mass is 32.1. The highest BCUT2D eigenvalue weighted by Crippen LogP contribution is 2.16. The molecule has 0 saturated heterocycles. The molecule has 1 aromatic carbocycles. The average molecular weight is 272 g/mol. The van der Waals surface area contributed by atoms with E-state index in [0.29, 0.717) is 22.8 Å². The third-order valence-corrected chi connectivity index (χ3v) is 2.63. The van der Waals surface area contributed by atoms with Crippen LogP contribution in [0.3, 0.4) is 0 Å². The van der Waals surface area contributed by atoms with Crippen LogP contribution < -0.4 is 16.8 Å². The lowest BCUT2D eigenvalue weighted by molar-refractivity contribution is 0.100. The van der Waals surface area contributed by atoms with Crippen molar-refractivity contribution in [1.82, 2.24) is 4.98 Å². The number of benzene rings is 1. The Bertz CT molecular complexity index is 587. The van der Waals surface area contributed by atoms with E-state index in [0.717, 1.165) is 0 Å². The van der Waals surface area contributed by atoms with Gasteiger partial charge in [-0.2, -0.15) is 0 Å². The van der Waals surface area contributed by atoms with Gasteiger partial charge in [0.15, 0.2) is 0 Å². The molecule has 1 heterocycles. The quantitative estimate of drug-likeness (QED) is 0.734. The third kappa shape index (κ3) is 3.26. The first-order chi connectivity index (χ1) is 9.06. The van der Waals surface area contributed by atoms with Crippen molar-refractivity contribution in [2.75, 3.05) is 5.32 Å². The minimum Gasteiger partial charge on any atom is -0.388 e. The van der Waals surface area contributed by atoms with Crippen LogP contribution in [0.1, 0.15) is 16.1 Å². The lowest BCUT2D eigenvalue weighted by Crippen LogP contribution is -2.12. The Morgan fingerprint density at radius 1 is 1.16 bits per heavy atom. The number of carbonyl (C=O) groups is 1. The summed E-state index contributed by atoms with van der Waals surface area (Å²) in [5.74, 6) is 0.111. The van der Waals surface area contributed by atoms with E-state index in [-0.39, 0.29) is 4.99 Å². The van der Waals surface area contributed by atoms with Gasteiger partial charge >= 0.3 is 0 Å². The summed E-state index contributed by atoms with van der Waals surface area (Å²) in [4.78, 5) is 15.6. The number of rotatable bonds is 4. The number of thiocarbonyl (C=S) groups is 1. The summed E-state index contributed by atoms with van der Waals surface area (Å²) >= 11 is 4.87. The smallest absolute Gasteiger partial charge is 0.248 e. The molecule has 19 heavy (non-hydrogen) atoms. The lowest BCUT2D eigenvalue weighted by atomic mass is 10.2. The molecule has 6 heteroatoms. The minimum atomic E-state index is -0.478. The number of amides is 1. The Hall–Kier alpha value is -2.47. The highest BCUT2D eigenvalue weighted by Gasteiger charge is 2.03. The summed E-state index contributed by atoms with van der Waals surface area (Å²) in [6.07, 6.45) is 0. The predicted molar refractivity (Wildman–Crippen MR) is 78.4 cm³/mol. The zero-order chi connectivity index (χ0) is 13.8. The average Bonchev–Trinajstić information content (AvgIpc) is 2.39. The van der Waals surface area contributed by atoms with E-state index in [1.807, 2.05) is 6.07 Å². The predicted octanol–water partition coefficient (Wildman–Crippen LogP) is 1.56. The van der Waals surface area contributed by atoms with Crippen LogP contribution in [0, 0.1) is 0 Å². The van der Waals surface area contributed by atoms with Gasteiger partial charge in [0.05, 0.1) is 5.69 Å².